The van der Waals surface area contributed by atoms with Gasteiger partial charge in [0.15, 0.2) is 0 Å². The highest BCUT2D eigenvalue weighted by atomic mass is 79.9. The molecule has 1 aromatic rings. The molecule has 82 valence electrons. The largest absolute Gasteiger partial charge is 0.366 e. The van der Waals surface area contributed by atoms with Crippen LogP contribution in [0.15, 0.2) is 22.7 Å². The number of nitriles is 1. The van der Waals surface area contributed by atoms with E-state index in [1.807, 2.05) is 0 Å². The molecule has 0 aliphatic heterocycles. The third-order valence-corrected chi connectivity index (χ3v) is 2.45. The number of halogens is 1. The molecule has 2 amide bonds. The highest BCUT2D eigenvalue weighted by Gasteiger charge is 2.08. The van der Waals surface area contributed by atoms with Crippen LogP contribution in [0.4, 0.5) is 5.69 Å². The third kappa shape index (κ3) is 3.07. The molecule has 3 N–H and O–H groups in total. The molecule has 0 saturated carbocycles. The van der Waals surface area contributed by atoms with Gasteiger partial charge in [-0.3, -0.25) is 9.59 Å². The summed E-state index contributed by atoms with van der Waals surface area (Å²) in [6.45, 7) is 0. The fourth-order valence-corrected chi connectivity index (χ4v) is 1.51. The number of rotatable bonds is 3. The van der Waals surface area contributed by atoms with Crippen LogP contribution < -0.4 is 11.1 Å². The van der Waals surface area contributed by atoms with Gasteiger partial charge in [0.25, 0.3) is 0 Å². The Morgan fingerprint density at radius 2 is 2.19 bits per heavy atom. The first kappa shape index (κ1) is 12.2. The van der Waals surface area contributed by atoms with Gasteiger partial charge in [-0.15, -0.1) is 0 Å². The first-order valence-corrected chi connectivity index (χ1v) is 5.10. The van der Waals surface area contributed by atoms with Crippen LogP contribution in [0.3, 0.4) is 0 Å². The molecule has 16 heavy (non-hydrogen) atoms. The molecule has 0 unspecified atom stereocenters. The molecule has 0 atom stereocenters. The quantitative estimate of drug-likeness (QED) is 0.876. The summed E-state index contributed by atoms with van der Waals surface area (Å²) in [5.41, 5.74) is 5.84. The summed E-state index contributed by atoms with van der Waals surface area (Å²) in [6, 6.07) is 6.37. The summed E-state index contributed by atoms with van der Waals surface area (Å²) in [5.74, 6) is -1.02. The third-order valence-electron chi connectivity index (χ3n) is 1.76. The first-order valence-electron chi connectivity index (χ1n) is 4.30. The Balaban J connectivity index is 2.92. The molecule has 0 spiro atoms. The lowest BCUT2D eigenvalue weighted by atomic mass is 10.2. The van der Waals surface area contributed by atoms with Crippen molar-refractivity contribution in [3.8, 4) is 6.07 Å². The molecule has 0 bridgehead atoms. The number of primary amides is 1. The number of carbonyl (C=O) groups excluding carboxylic acids is 2. The number of benzene rings is 1. The summed E-state index contributed by atoms with van der Waals surface area (Å²) < 4.78 is 0.554. The minimum absolute atomic E-state index is 0.234. The average molecular weight is 282 g/mol. The fraction of sp³-hybridized carbons (Fsp3) is 0.100. The smallest absolute Gasteiger partial charge is 0.249 e. The van der Waals surface area contributed by atoms with E-state index in [2.05, 4.69) is 21.2 Å². The second kappa shape index (κ2) is 5.28. The summed E-state index contributed by atoms with van der Waals surface area (Å²) in [4.78, 5) is 22.1. The number of hydrogen-bond acceptors (Lipinski definition) is 3. The van der Waals surface area contributed by atoms with Crippen LogP contribution in [0.5, 0.6) is 0 Å². The van der Waals surface area contributed by atoms with Crippen molar-refractivity contribution in [1.82, 2.24) is 0 Å². The Morgan fingerprint density at radius 1 is 1.50 bits per heavy atom. The van der Waals surface area contributed by atoms with Gasteiger partial charge >= 0.3 is 0 Å². The first-order chi connectivity index (χ1) is 7.54. The predicted molar refractivity (Wildman–Crippen MR) is 61.5 cm³/mol. The van der Waals surface area contributed by atoms with Gasteiger partial charge in [-0.25, -0.2) is 0 Å². The van der Waals surface area contributed by atoms with Crippen LogP contribution in [0, 0.1) is 11.3 Å². The van der Waals surface area contributed by atoms with Gasteiger partial charge in [0.05, 0.1) is 11.6 Å². The Hall–Kier alpha value is -1.87. The number of nitrogens with zero attached hydrogens (tertiary/aromatic N) is 1. The van der Waals surface area contributed by atoms with Gasteiger partial charge in [-0.1, -0.05) is 0 Å². The van der Waals surface area contributed by atoms with Gasteiger partial charge < -0.3 is 11.1 Å². The Labute approximate surface area is 100 Å². The zero-order chi connectivity index (χ0) is 12.1. The standard InChI is InChI=1S/C10H8BrN3O2/c11-8-2-1-6(5-7(8)10(13)16)14-9(15)3-4-12/h1-2,5H,3H2,(H2,13,16)(H,14,15). The van der Waals surface area contributed by atoms with E-state index in [-0.39, 0.29) is 12.0 Å². The number of amides is 2. The van der Waals surface area contributed by atoms with Gasteiger partial charge in [0, 0.05) is 10.2 Å². The molecule has 6 heteroatoms. The monoisotopic (exact) mass is 281 g/mol. The number of hydrogen-bond donors (Lipinski definition) is 2. The van der Waals surface area contributed by atoms with Gasteiger partial charge in [-0.2, -0.15) is 5.26 Å². The lowest BCUT2D eigenvalue weighted by molar-refractivity contribution is -0.115. The molecule has 0 heterocycles. The molecule has 0 radical (unpaired) electrons. The minimum atomic E-state index is -0.594. The lowest BCUT2D eigenvalue weighted by Crippen LogP contribution is -2.14. The fourth-order valence-electron chi connectivity index (χ4n) is 1.07. The minimum Gasteiger partial charge on any atom is -0.366 e. The number of carbonyl (C=O) groups is 2. The highest BCUT2D eigenvalue weighted by Crippen LogP contribution is 2.20. The molecule has 5 nitrogen and oxygen atoms in total. The molecule has 0 aromatic heterocycles. The van der Waals surface area contributed by atoms with Crippen LogP contribution in [0.2, 0.25) is 0 Å². The van der Waals surface area contributed by atoms with E-state index in [1.54, 1.807) is 18.2 Å². The van der Waals surface area contributed by atoms with Crippen LogP contribution in [0.1, 0.15) is 16.8 Å². The number of nitrogens with one attached hydrogen (secondary N) is 1. The van der Waals surface area contributed by atoms with Gasteiger partial charge in [0.1, 0.15) is 6.42 Å². The molecular weight excluding hydrogens is 274 g/mol. The van der Waals surface area contributed by atoms with Crippen LogP contribution in [-0.2, 0) is 4.79 Å². The topological polar surface area (TPSA) is 96.0 Å². The molecule has 0 saturated heterocycles. The van der Waals surface area contributed by atoms with Crippen molar-refractivity contribution >= 4 is 33.4 Å². The van der Waals surface area contributed by atoms with Crippen molar-refractivity contribution in [2.45, 2.75) is 6.42 Å². The Bertz CT molecular complexity index is 479. The van der Waals surface area contributed by atoms with Crippen molar-refractivity contribution < 1.29 is 9.59 Å². The van der Waals surface area contributed by atoms with E-state index in [4.69, 9.17) is 11.0 Å². The van der Waals surface area contributed by atoms with Crippen molar-refractivity contribution in [3.05, 3.63) is 28.2 Å². The predicted octanol–water partition coefficient (Wildman–Crippen LogP) is 1.40. The van der Waals surface area contributed by atoms with Crippen molar-refractivity contribution in [2.75, 3.05) is 5.32 Å². The Kier molecular flexibility index (Phi) is 4.03. The van der Waals surface area contributed by atoms with Crippen LogP contribution >= 0.6 is 15.9 Å². The SMILES string of the molecule is N#CCC(=O)Nc1ccc(Br)c(C(N)=O)c1. The van der Waals surface area contributed by atoms with Gasteiger partial charge in [0.2, 0.25) is 11.8 Å². The molecule has 0 fully saturated rings. The number of nitrogens with two attached hydrogens (primary N) is 1. The van der Waals surface area contributed by atoms with Crippen LogP contribution in [-0.4, -0.2) is 11.8 Å². The zero-order valence-electron chi connectivity index (χ0n) is 8.16. The molecule has 0 aliphatic carbocycles. The summed E-state index contributed by atoms with van der Waals surface area (Å²) in [6.07, 6.45) is -0.234. The normalized spacial score (nSPS) is 9.25. The number of anilines is 1. The maximum atomic E-state index is 11.1. The Morgan fingerprint density at radius 3 is 2.75 bits per heavy atom. The average Bonchev–Trinajstić information content (AvgIpc) is 2.21. The molecule has 0 aliphatic rings. The van der Waals surface area contributed by atoms with E-state index >= 15 is 0 Å². The van der Waals surface area contributed by atoms with Crippen molar-refractivity contribution in [1.29, 1.82) is 5.26 Å². The van der Waals surface area contributed by atoms with Gasteiger partial charge in [-0.05, 0) is 34.1 Å². The van der Waals surface area contributed by atoms with E-state index in [0.29, 0.717) is 10.2 Å². The summed E-state index contributed by atoms with van der Waals surface area (Å²) in [7, 11) is 0. The highest BCUT2D eigenvalue weighted by molar-refractivity contribution is 9.10. The van der Waals surface area contributed by atoms with Crippen molar-refractivity contribution in [3.63, 3.8) is 0 Å². The van der Waals surface area contributed by atoms with Crippen molar-refractivity contribution in [2.24, 2.45) is 5.73 Å². The molecule has 1 aromatic carbocycles. The van der Waals surface area contributed by atoms with E-state index in [9.17, 15) is 9.59 Å². The zero-order valence-corrected chi connectivity index (χ0v) is 9.74. The summed E-state index contributed by atoms with van der Waals surface area (Å²) in [5, 5.41) is 10.8. The maximum Gasteiger partial charge on any atom is 0.249 e. The summed E-state index contributed by atoms with van der Waals surface area (Å²) >= 11 is 3.16. The van der Waals surface area contributed by atoms with E-state index in [0.717, 1.165) is 0 Å². The van der Waals surface area contributed by atoms with Crippen LogP contribution in [0.25, 0.3) is 0 Å². The lowest BCUT2D eigenvalue weighted by Gasteiger charge is -2.05. The second-order valence-electron chi connectivity index (χ2n) is 2.94. The van der Waals surface area contributed by atoms with E-state index in [1.165, 1.54) is 6.07 Å². The molecular formula is C10H8BrN3O2. The second-order valence-corrected chi connectivity index (χ2v) is 3.80. The molecule has 1 rings (SSSR count). The maximum absolute atomic E-state index is 11.1. The van der Waals surface area contributed by atoms with E-state index < -0.39 is 11.8 Å².